The molecule has 41 heavy (non-hydrogen) atoms. The van der Waals surface area contributed by atoms with E-state index in [-0.39, 0.29) is 29.2 Å². The summed E-state index contributed by atoms with van der Waals surface area (Å²) < 4.78 is 26.1. The lowest BCUT2D eigenvalue weighted by Crippen LogP contribution is -2.22. The summed E-state index contributed by atoms with van der Waals surface area (Å²) >= 11 is 3.36. The van der Waals surface area contributed by atoms with Crippen molar-refractivity contribution in [3.8, 4) is 11.5 Å². The van der Waals surface area contributed by atoms with Crippen LogP contribution in [0.15, 0.2) is 69.0 Å². The molecule has 1 N–H and O–H groups in total. The van der Waals surface area contributed by atoms with E-state index in [2.05, 4.69) is 31.3 Å². The zero-order chi connectivity index (χ0) is 29.5. The molecule has 1 amide bonds. The fourth-order valence-corrected chi connectivity index (χ4v) is 4.28. The Balaban J connectivity index is 1.67. The molecule has 0 saturated carbocycles. The van der Waals surface area contributed by atoms with Gasteiger partial charge >= 0.3 is 5.69 Å². The van der Waals surface area contributed by atoms with Crippen LogP contribution in [0.5, 0.6) is 11.5 Å². The first-order valence-electron chi connectivity index (χ1n) is 12.6. The minimum atomic E-state index is -0.670. The van der Waals surface area contributed by atoms with Crippen LogP contribution in [0.3, 0.4) is 0 Å². The molecule has 0 radical (unpaired) electrons. The van der Waals surface area contributed by atoms with Gasteiger partial charge in [-0.1, -0.05) is 22.9 Å². The van der Waals surface area contributed by atoms with Crippen molar-refractivity contribution in [2.75, 3.05) is 18.5 Å². The Morgan fingerprint density at radius 2 is 1.93 bits per heavy atom. The van der Waals surface area contributed by atoms with Crippen LogP contribution in [0.1, 0.15) is 31.7 Å². The molecule has 0 aliphatic heterocycles. The molecule has 13 heteroatoms. The smallest absolute Gasteiger partial charge is 0.315 e. The number of hydrogen-bond donors (Lipinski definition) is 1. The summed E-state index contributed by atoms with van der Waals surface area (Å²) in [6.07, 6.45) is 2.49. The van der Waals surface area contributed by atoms with Crippen molar-refractivity contribution in [2.45, 2.75) is 26.7 Å². The van der Waals surface area contributed by atoms with E-state index in [9.17, 15) is 24.1 Å². The van der Waals surface area contributed by atoms with Crippen molar-refractivity contribution < 1.29 is 23.6 Å². The Kier molecular flexibility index (Phi) is 9.40. The molecule has 0 bridgehead atoms. The third kappa shape index (κ3) is 7.11. The molecule has 0 aliphatic carbocycles. The molecule has 0 atom stereocenters. The minimum Gasteiger partial charge on any atom is -0.490 e. The summed E-state index contributed by atoms with van der Waals surface area (Å²) in [5.74, 6) is -0.868. The zero-order valence-corrected chi connectivity index (χ0v) is 23.7. The van der Waals surface area contributed by atoms with Crippen LogP contribution < -0.4 is 20.3 Å². The fraction of sp³-hybridized carbons (Fsp3) is 0.214. The molecule has 4 rings (SSSR count). The highest BCUT2D eigenvalue weighted by atomic mass is 79.9. The van der Waals surface area contributed by atoms with Gasteiger partial charge in [-0.2, -0.15) is 9.78 Å². The number of rotatable bonds is 11. The maximum Gasteiger partial charge on any atom is 0.315 e. The SMILES string of the molecule is CCCc1nc2ccc(Br)cc2c(=O)n1N=Cc1cc(OCC)c(OCC(=O)Nc2ccc(F)cc2)c([N+](=O)[O-])c1. The third-order valence-electron chi connectivity index (χ3n) is 5.70. The summed E-state index contributed by atoms with van der Waals surface area (Å²) in [4.78, 5) is 41.5. The molecule has 11 nitrogen and oxygen atoms in total. The van der Waals surface area contributed by atoms with Gasteiger partial charge in [0.15, 0.2) is 12.4 Å². The van der Waals surface area contributed by atoms with E-state index in [1.807, 2.05) is 6.92 Å². The van der Waals surface area contributed by atoms with Crippen LogP contribution in [0, 0.1) is 15.9 Å². The Labute approximate surface area is 241 Å². The Hall–Kier alpha value is -4.65. The molecule has 0 spiro atoms. The average molecular weight is 626 g/mol. The van der Waals surface area contributed by atoms with E-state index >= 15 is 0 Å². The number of halogens is 2. The number of benzene rings is 3. The fourth-order valence-electron chi connectivity index (χ4n) is 3.92. The maximum absolute atomic E-state index is 13.3. The van der Waals surface area contributed by atoms with Crippen LogP contribution in [0.2, 0.25) is 0 Å². The number of ether oxygens (including phenoxy) is 2. The van der Waals surface area contributed by atoms with Gasteiger partial charge in [0.2, 0.25) is 5.75 Å². The molecule has 0 saturated heterocycles. The Morgan fingerprint density at radius 1 is 1.17 bits per heavy atom. The zero-order valence-electron chi connectivity index (χ0n) is 22.1. The van der Waals surface area contributed by atoms with Crippen molar-refractivity contribution in [3.63, 3.8) is 0 Å². The number of carbonyl (C=O) groups excluding carboxylic acids is 1. The summed E-state index contributed by atoms with van der Waals surface area (Å²) in [5.41, 5.74) is 0.273. The highest BCUT2D eigenvalue weighted by molar-refractivity contribution is 9.10. The van der Waals surface area contributed by atoms with Crippen molar-refractivity contribution in [1.29, 1.82) is 0 Å². The minimum absolute atomic E-state index is 0.0134. The van der Waals surface area contributed by atoms with Gasteiger partial charge in [0.1, 0.15) is 11.6 Å². The van der Waals surface area contributed by atoms with Gasteiger partial charge in [0.05, 0.1) is 28.6 Å². The van der Waals surface area contributed by atoms with E-state index in [4.69, 9.17) is 9.47 Å². The van der Waals surface area contributed by atoms with E-state index in [0.29, 0.717) is 39.7 Å². The largest absolute Gasteiger partial charge is 0.490 e. The van der Waals surface area contributed by atoms with E-state index in [1.54, 1.807) is 25.1 Å². The summed E-state index contributed by atoms with van der Waals surface area (Å²) in [6.45, 7) is 3.22. The molecule has 0 unspecified atom stereocenters. The number of nitrogens with zero attached hydrogens (tertiary/aromatic N) is 4. The number of fused-ring (bicyclic) bond motifs is 1. The highest BCUT2D eigenvalue weighted by Gasteiger charge is 2.23. The predicted molar refractivity (Wildman–Crippen MR) is 155 cm³/mol. The van der Waals surface area contributed by atoms with Crippen molar-refractivity contribution in [3.05, 3.63) is 96.7 Å². The molecule has 3 aromatic carbocycles. The summed E-state index contributed by atoms with van der Waals surface area (Å²) in [5, 5.41) is 19.2. The van der Waals surface area contributed by atoms with E-state index in [0.717, 1.165) is 0 Å². The molecular formula is C28H25BrFN5O6. The average Bonchev–Trinajstić information content (AvgIpc) is 2.94. The molecule has 0 fully saturated rings. The van der Waals surface area contributed by atoms with Gasteiger partial charge in [0.25, 0.3) is 11.5 Å². The number of nitro groups is 1. The Morgan fingerprint density at radius 3 is 2.61 bits per heavy atom. The topological polar surface area (TPSA) is 138 Å². The van der Waals surface area contributed by atoms with Gasteiger partial charge in [-0.15, -0.1) is 0 Å². The molecule has 1 heterocycles. The number of aromatic nitrogens is 2. The number of aryl methyl sites for hydroxylation is 1. The standard InChI is InChI=1S/C28H25BrFN5O6/c1-3-5-25-33-22-11-6-18(29)14-21(22)28(37)34(25)31-15-17-12-23(35(38)39)27(24(13-17)40-4-2)41-16-26(36)32-20-9-7-19(30)8-10-20/h6-15H,3-5,16H2,1-2H3,(H,32,36). The third-order valence-corrected chi connectivity index (χ3v) is 6.19. The van der Waals surface area contributed by atoms with Crippen LogP contribution >= 0.6 is 15.9 Å². The second-order valence-electron chi connectivity index (χ2n) is 8.70. The lowest BCUT2D eigenvalue weighted by Gasteiger charge is -2.13. The van der Waals surface area contributed by atoms with E-state index in [1.165, 1.54) is 47.3 Å². The second kappa shape index (κ2) is 13.1. The summed E-state index contributed by atoms with van der Waals surface area (Å²) in [7, 11) is 0. The first-order valence-corrected chi connectivity index (χ1v) is 13.4. The number of amides is 1. The number of hydrogen-bond acceptors (Lipinski definition) is 8. The Bertz CT molecular complexity index is 1690. The van der Waals surface area contributed by atoms with Gasteiger partial charge in [-0.05, 0) is 61.9 Å². The summed E-state index contributed by atoms with van der Waals surface area (Å²) in [6, 6.07) is 13.0. The quantitative estimate of drug-likeness (QED) is 0.133. The molecule has 1 aromatic heterocycles. The number of nitrogens with one attached hydrogen (secondary N) is 1. The number of anilines is 1. The molecule has 212 valence electrons. The predicted octanol–water partition coefficient (Wildman–Crippen LogP) is 5.46. The van der Waals surface area contributed by atoms with Gasteiger partial charge in [0, 0.05) is 28.2 Å². The van der Waals surface area contributed by atoms with Crippen LogP contribution in [0.25, 0.3) is 10.9 Å². The number of nitro benzene ring substituents is 1. The first-order chi connectivity index (χ1) is 19.7. The monoisotopic (exact) mass is 625 g/mol. The van der Waals surface area contributed by atoms with Crippen LogP contribution in [-0.2, 0) is 11.2 Å². The van der Waals surface area contributed by atoms with Crippen molar-refractivity contribution in [1.82, 2.24) is 9.66 Å². The van der Waals surface area contributed by atoms with Gasteiger partial charge in [-0.25, -0.2) is 9.37 Å². The molecule has 0 aliphatic rings. The van der Waals surface area contributed by atoms with Gasteiger partial charge < -0.3 is 14.8 Å². The molecule has 4 aromatic rings. The van der Waals surface area contributed by atoms with Gasteiger partial charge in [-0.3, -0.25) is 19.7 Å². The van der Waals surface area contributed by atoms with Crippen molar-refractivity contribution >= 4 is 50.3 Å². The van der Waals surface area contributed by atoms with Crippen LogP contribution in [-0.4, -0.2) is 39.9 Å². The molecular weight excluding hydrogens is 601 g/mol. The normalized spacial score (nSPS) is 11.1. The van der Waals surface area contributed by atoms with Crippen LogP contribution in [0.4, 0.5) is 15.8 Å². The lowest BCUT2D eigenvalue weighted by atomic mass is 10.2. The van der Waals surface area contributed by atoms with E-state index < -0.39 is 28.9 Å². The lowest BCUT2D eigenvalue weighted by molar-refractivity contribution is -0.385. The first kappa shape index (κ1) is 29.3. The highest BCUT2D eigenvalue weighted by Crippen LogP contribution is 2.38. The maximum atomic E-state index is 13.3. The van der Waals surface area contributed by atoms with Crippen molar-refractivity contribution in [2.24, 2.45) is 5.10 Å². The number of carbonyl (C=O) groups is 1. The second-order valence-corrected chi connectivity index (χ2v) is 9.62.